The number of nitrogens with one attached hydrogen (secondary N) is 3. The van der Waals surface area contributed by atoms with Crippen molar-refractivity contribution in [2.75, 3.05) is 6.54 Å². The number of pyridine rings is 1. The highest BCUT2D eigenvalue weighted by molar-refractivity contribution is 5.95. The van der Waals surface area contributed by atoms with Crippen LogP contribution in [0, 0.1) is 10.8 Å². The second kappa shape index (κ2) is 17.3. The van der Waals surface area contributed by atoms with Crippen LogP contribution in [0.4, 0.5) is 13.2 Å². The summed E-state index contributed by atoms with van der Waals surface area (Å²) in [6.45, 7) is 5.72. The van der Waals surface area contributed by atoms with Gasteiger partial charge in [-0.3, -0.25) is 29.8 Å². The van der Waals surface area contributed by atoms with Crippen LogP contribution in [0.15, 0.2) is 53.8 Å². The predicted octanol–water partition coefficient (Wildman–Crippen LogP) is 0.880. The molecule has 1 heterocycles. The van der Waals surface area contributed by atoms with Gasteiger partial charge in [0.2, 0.25) is 17.7 Å². The molecule has 0 spiro atoms. The number of nitrogens with two attached hydrogens (primary N) is 4. The number of nitrogens with zero attached hydrogens (tertiary/aromatic N) is 2. The van der Waals surface area contributed by atoms with Gasteiger partial charge in [-0.25, -0.2) is 4.79 Å². The van der Waals surface area contributed by atoms with Crippen molar-refractivity contribution >= 4 is 35.5 Å². The SMILES string of the molecule is CC(C)(C)[C@H](NC(=O)[C@H](Cc1ccc(C(=N)N)cc1)c1cccnc1)C(=O)N[C@@H](CCCN=C(N)N)C(N)=O.O=C(O)C(F)(F)F. The number of alkyl halides is 3. The van der Waals surface area contributed by atoms with Crippen molar-refractivity contribution in [3.63, 3.8) is 0 Å². The Morgan fingerprint density at radius 2 is 1.57 bits per heavy atom. The molecule has 0 saturated heterocycles. The fraction of sp³-hybridized carbons (Fsp3) is 0.414. The van der Waals surface area contributed by atoms with Crippen molar-refractivity contribution < 1.29 is 37.5 Å². The highest BCUT2D eigenvalue weighted by atomic mass is 19.4. The summed E-state index contributed by atoms with van der Waals surface area (Å²) in [4.78, 5) is 56.0. The maximum absolute atomic E-state index is 13.7. The number of aliphatic carboxylic acids is 1. The number of primary amides is 1. The zero-order valence-electron chi connectivity index (χ0n) is 25.6. The number of aromatic nitrogens is 1. The van der Waals surface area contributed by atoms with E-state index >= 15 is 0 Å². The van der Waals surface area contributed by atoms with E-state index in [4.69, 9.17) is 38.2 Å². The van der Waals surface area contributed by atoms with Crippen LogP contribution in [-0.2, 0) is 25.6 Å². The highest BCUT2D eigenvalue weighted by Gasteiger charge is 2.38. The minimum absolute atomic E-state index is 0.0485. The molecule has 1 aromatic carbocycles. The lowest BCUT2D eigenvalue weighted by atomic mass is 9.84. The molecule has 1 aromatic heterocycles. The summed E-state index contributed by atoms with van der Waals surface area (Å²) in [6, 6.07) is 8.67. The maximum atomic E-state index is 13.7. The Morgan fingerprint density at radius 3 is 2.00 bits per heavy atom. The maximum Gasteiger partial charge on any atom is 0.490 e. The number of aliphatic imine (C=N–C) groups is 1. The van der Waals surface area contributed by atoms with Gasteiger partial charge < -0.3 is 38.7 Å². The number of amides is 3. The van der Waals surface area contributed by atoms with Gasteiger partial charge >= 0.3 is 12.1 Å². The number of carbonyl (C=O) groups is 4. The number of carboxylic acid groups (broad SMARTS) is 1. The Labute approximate surface area is 263 Å². The number of hydrogen-bond acceptors (Lipinski definition) is 7. The molecule has 3 amide bonds. The van der Waals surface area contributed by atoms with Crippen LogP contribution in [0.25, 0.3) is 0 Å². The zero-order valence-corrected chi connectivity index (χ0v) is 25.6. The summed E-state index contributed by atoms with van der Waals surface area (Å²) in [5.74, 6) is -5.14. The van der Waals surface area contributed by atoms with Crippen molar-refractivity contribution in [1.82, 2.24) is 15.6 Å². The normalized spacial score (nSPS) is 13.1. The quantitative estimate of drug-likeness (QED) is 0.0866. The second-order valence-corrected chi connectivity index (χ2v) is 11.2. The van der Waals surface area contributed by atoms with Gasteiger partial charge in [0.25, 0.3) is 0 Å². The smallest absolute Gasteiger partial charge is 0.475 e. The molecule has 17 heteroatoms. The number of nitrogen functional groups attached to an aromatic ring is 1. The van der Waals surface area contributed by atoms with E-state index in [1.54, 1.807) is 48.8 Å². The van der Waals surface area contributed by atoms with E-state index in [0.29, 0.717) is 24.0 Å². The van der Waals surface area contributed by atoms with E-state index in [0.717, 1.165) is 5.56 Å². The molecule has 0 unspecified atom stereocenters. The average molecular weight is 652 g/mol. The molecule has 3 atom stereocenters. The van der Waals surface area contributed by atoms with Crippen LogP contribution in [0.2, 0.25) is 0 Å². The average Bonchev–Trinajstić information content (AvgIpc) is 2.95. The van der Waals surface area contributed by atoms with Crippen molar-refractivity contribution in [3.8, 4) is 0 Å². The lowest BCUT2D eigenvalue weighted by molar-refractivity contribution is -0.192. The number of amidine groups is 1. The van der Waals surface area contributed by atoms with E-state index < -0.39 is 47.4 Å². The summed E-state index contributed by atoms with van der Waals surface area (Å²) >= 11 is 0. The fourth-order valence-corrected chi connectivity index (χ4v) is 3.96. The number of benzene rings is 1. The van der Waals surface area contributed by atoms with Gasteiger partial charge in [-0.05, 0) is 41.9 Å². The van der Waals surface area contributed by atoms with Crippen LogP contribution in [-0.4, -0.2) is 70.4 Å². The molecular formula is C29H40F3N9O5. The molecule has 0 saturated carbocycles. The van der Waals surface area contributed by atoms with E-state index in [9.17, 15) is 27.6 Å². The third-order valence-electron chi connectivity index (χ3n) is 6.37. The standard InChI is InChI=1S/C27H39N9O3.C2HF3O2/c1-27(2,3)21(25(39)35-20(23(30)37)7-5-13-34-26(31)32)36-24(38)19(18-6-4-12-33-15-18)14-16-8-10-17(11-9-16)22(28)29;3-2(4,5)1(6)7/h4,6,8-12,15,19-21H,5,7,13-14H2,1-3H3,(H3,28,29)(H2,30,37)(H,35,39)(H,36,38)(H4,31,32,34);(H,6,7)/t19-,20+,21-;/m1./s1. The van der Waals surface area contributed by atoms with Gasteiger partial charge in [0.05, 0.1) is 5.92 Å². The number of hydrogen-bond donors (Lipinski definition) is 8. The lowest BCUT2D eigenvalue weighted by Gasteiger charge is -2.33. The van der Waals surface area contributed by atoms with Gasteiger partial charge in [0, 0.05) is 24.5 Å². The molecular weight excluding hydrogens is 611 g/mol. The first kappa shape index (κ1) is 38.8. The molecule has 0 bridgehead atoms. The minimum atomic E-state index is -5.08. The first-order valence-electron chi connectivity index (χ1n) is 13.8. The lowest BCUT2D eigenvalue weighted by Crippen LogP contribution is -2.58. The van der Waals surface area contributed by atoms with Crippen LogP contribution in [0.3, 0.4) is 0 Å². The van der Waals surface area contributed by atoms with Crippen LogP contribution >= 0.6 is 0 Å². The molecule has 0 radical (unpaired) electrons. The van der Waals surface area contributed by atoms with Crippen LogP contribution in [0.5, 0.6) is 0 Å². The summed E-state index contributed by atoms with van der Waals surface area (Å²) in [6.07, 6.45) is -0.882. The molecule has 12 N–H and O–H groups in total. The molecule has 2 aromatic rings. The van der Waals surface area contributed by atoms with E-state index in [2.05, 4.69) is 20.6 Å². The largest absolute Gasteiger partial charge is 0.490 e. The monoisotopic (exact) mass is 651 g/mol. The molecule has 0 aliphatic rings. The number of carboxylic acids is 1. The number of carbonyl (C=O) groups excluding carboxylic acids is 3. The van der Waals surface area contributed by atoms with Crippen molar-refractivity contribution in [1.29, 1.82) is 5.41 Å². The van der Waals surface area contributed by atoms with Crippen molar-refractivity contribution in [3.05, 3.63) is 65.5 Å². The van der Waals surface area contributed by atoms with Gasteiger partial charge in [0.15, 0.2) is 5.96 Å². The Kier molecular flexibility index (Phi) is 14.6. The first-order valence-corrected chi connectivity index (χ1v) is 13.8. The topological polar surface area (TPSA) is 266 Å². The molecule has 0 aliphatic carbocycles. The Balaban J connectivity index is 0.00000135. The number of guanidine groups is 1. The molecule has 0 fully saturated rings. The summed E-state index contributed by atoms with van der Waals surface area (Å²) in [7, 11) is 0. The Hall–Kier alpha value is -5.22. The van der Waals surface area contributed by atoms with Gasteiger partial charge in [-0.2, -0.15) is 13.2 Å². The van der Waals surface area contributed by atoms with E-state index in [1.165, 1.54) is 0 Å². The van der Waals surface area contributed by atoms with Crippen molar-refractivity contribution in [2.45, 2.75) is 64.2 Å². The van der Waals surface area contributed by atoms with Crippen molar-refractivity contribution in [2.24, 2.45) is 33.3 Å². The van der Waals surface area contributed by atoms with Crippen LogP contribution < -0.4 is 33.6 Å². The molecule has 46 heavy (non-hydrogen) atoms. The van der Waals surface area contributed by atoms with Crippen LogP contribution in [0.1, 0.15) is 56.2 Å². The Morgan fingerprint density at radius 1 is 0.978 bits per heavy atom. The van der Waals surface area contributed by atoms with E-state index in [1.807, 2.05) is 20.8 Å². The second-order valence-electron chi connectivity index (χ2n) is 11.2. The third kappa shape index (κ3) is 13.6. The van der Waals surface area contributed by atoms with E-state index in [-0.39, 0.29) is 30.7 Å². The molecule has 14 nitrogen and oxygen atoms in total. The molecule has 0 aliphatic heterocycles. The predicted molar refractivity (Wildman–Crippen MR) is 164 cm³/mol. The highest BCUT2D eigenvalue weighted by Crippen LogP contribution is 2.25. The summed E-state index contributed by atoms with van der Waals surface area (Å²) in [5, 5.41) is 20.3. The third-order valence-corrected chi connectivity index (χ3v) is 6.37. The van der Waals surface area contributed by atoms with Gasteiger partial charge in [0.1, 0.15) is 17.9 Å². The molecule has 2 rings (SSSR count). The summed E-state index contributed by atoms with van der Waals surface area (Å²) in [5.41, 5.74) is 23.1. The Bertz CT molecular complexity index is 1380. The minimum Gasteiger partial charge on any atom is -0.475 e. The summed E-state index contributed by atoms with van der Waals surface area (Å²) < 4.78 is 31.7. The van der Waals surface area contributed by atoms with Gasteiger partial charge in [-0.1, -0.05) is 51.1 Å². The molecule has 252 valence electrons. The van der Waals surface area contributed by atoms with Gasteiger partial charge in [-0.15, -0.1) is 0 Å². The fourth-order valence-electron chi connectivity index (χ4n) is 3.96. The number of rotatable bonds is 13. The first-order chi connectivity index (χ1) is 21.2. The zero-order chi connectivity index (χ0) is 35.2. The number of halogens is 3.